The van der Waals surface area contributed by atoms with Crippen LogP contribution in [0, 0.1) is 20.8 Å². The standard InChI is InChI=1S/C18H15Cl3O3/c1-9-6-11(3)12(7-10(9)2)15(22)8-24-18(23)16-13(19)4-5-14(20)17(16)21/h4-7H,8H2,1-3H3. The minimum atomic E-state index is -0.790. The van der Waals surface area contributed by atoms with Crippen LogP contribution in [-0.2, 0) is 4.74 Å². The van der Waals surface area contributed by atoms with E-state index in [2.05, 4.69) is 0 Å². The fourth-order valence-corrected chi connectivity index (χ4v) is 2.94. The third-order valence-corrected chi connectivity index (χ3v) is 4.84. The Morgan fingerprint density at radius 2 is 1.50 bits per heavy atom. The first kappa shape index (κ1) is 18.8. The molecular weight excluding hydrogens is 371 g/mol. The Morgan fingerprint density at radius 3 is 2.17 bits per heavy atom. The van der Waals surface area contributed by atoms with E-state index in [-0.39, 0.29) is 26.4 Å². The molecule has 126 valence electrons. The topological polar surface area (TPSA) is 43.4 Å². The van der Waals surface area contributed by atoms with Gasteiger partial charge in [-0.2, -0.15) is 0 Å². The zero-order valence-electron chi connectivity index (χ0n) is 13.4. The highest BCUT2D eigenvalue weighted by Crippen LogP contribution is 2.32. The van der Waals surface area contributed by atoms with Crippen LogP contribution in [0.5, 0.6) is 0 Å². The van der Waals surface area contributed by atoms with Crippen LogP contribution in [0.4, 0.5) is 0 Å². The van der Waals surface area contributed by atoms with Crippen molar-refractivity contribution in [1.29, 1.82) is 0 Å². The second kappa shape index (κ2) is 7.56. The lowest BCUT2D eigenvalue weighted by molar-refractivity contribution is 0.0475. The Bertz CT molecular complexity index is 829. The van der Waals surface area contributed by atoms with Gasteiger partial charge in [0.15, 0.2) is 6.61 Å². The monoisotopic (exact) mass is 384 g/mol. The molecule has 0 spiro atoms. The third kappa shape index (κ3) is 3.92. The van der Waals surface area contributed by atoms with Crippen molar-refractivity contribution in [2.75, 3.05) is 6.61 Å². The summed E-state index contributed by atoms with van der Waals surface area (Å²) in [6.45, 7) is 5.33. The van der Waals surface area contributed by atoms with Crippen molar-refractivity contribution in [3.05, 3.63) is 67.2 Å². The molecule has 2 rings (SSSR count). The largest absolute Gasteiger partial charge is 0.454 e. The minimum absolute atomic E-state index is 0.00368. The number of esters is 1. The number of carbonyl (C=O) groups is 2. The van der Waals surface area contributed by atoms with Crippen LogP contribution in [0.2, 0.25) is 15.1 Å². The first-order chi connectivity index (χ1) is 11.2. The quantitative estimate of drug-likeness (QED) is 0.390. The number of halogens is 3. The van der Waals surface area contributed by atoms with Gasteiger partial charge >= 0.3 is 5.97 Å². The Morgan fingerprint density at radius 1 is 0.917 bits per heavy atom. The lowest BCUT2D eigenvalue weighted by Crippen LogP contribution is -2.16. The molecule has 0 saturated heterocycles. The molecular formula is C18H15Cl3O3. The van der Waals surface area contributed by atoms with Crippen LogP contribution >= 0.6 is 34.8 Å². The fourth-order valence-electron chi connectivity index (χ4n) is 2.26. The van der Waals surface area contributed by atoms with Gasteiger partial charge in [-0.15, -0.1) is 0 Å². The number of ether oxygens (including phenoxy) is 1. The molecule has 0 radical (unpaired) electrons. The van der Waals surface area contributed by atoms with Gasteiger partial charge in [0.2, 0.25) is 5.78 Å². The number of rotatable bonds is 4. The lowest BCUT2D eigenvalue weighted by Gasteiger charge is -2.11. The average Bonchev–Trinajstić information content (AvgIpc) is 2.52. The number of carbonyl (C=O) groups excluding carboxylic acids is 2. The first-order valence-corrected chi connectivity index (χ1v) is 8.27. The molecule has 0 atom stereocenters. The summed E-state index contributed by atoms with van der Waals surface area (Å²) < 4.78 is 5.07. The van der Waals surface area contributed by atoms with Crippen molar-refractivity contribution in [2.24, 2.45) is 0 Å². The Hall–Kier alpha value is -1.55. The summed E-state index contributed by atoms with van der Waals surface area (Å²) in [5.74, 6) is -1.08. The smallest absolute Gasteiger partial charge is 0.341 e. The van der Waals surface area contributed by atoms with Gasteiger partial charge in [-0.3, -0.25) is 4.79 Å². The molecule has 2 aromatic carbocycles. The van der Waals surface area contributed by atoms with E-state index in [4.69, 9.17) is 39.5 Å². The summed E-state index contributed by atoms with van der Waals surface area (Å²) in [5.41, 5.74) is 3.40. The molecule has 0 aromatic heterocycles. The predicted molar refractivity (Wildman–Crippen MR) is 96.7 cm³/mol. The molecule has 3 nitrogen and oxygen atoms in total. The zero-order chi connectivity index (χ0) is 18.0. The Labute approximate surface area is 155 Å². The van der Waals surface area contributed by atoms with Crippen molar-refractivity contribution >= 4 is 46.6 Å². The summed E-state index contributed by atoms with van der Waals surface area (Å²) in [5, 5.41) is 0.303. The van der Waals surface area contributed by atoms with Crippen molar-refractivity contribution in [3.63, 3.8) is 0 Å². The van der Waals surface area contributed by atoms with Gasteiger partial charge in [0.25, 0.3) is 0 Å². The number of benzene rings is 2. The molecule has 0 aliphatic heterocycles. The molecule has 0 heterocycles. The predicted octanol–water partition coefficient (Wildman–Crippen LogP) is 5.61. The maximum Gasteiger partial charge on any atom is 0.341 e. The Kier molecular flexibility index (Phi) is 5.92. The van der Waals surface area contributed by atoms with E-state index in [0.717, 1.165) is 16.7 Å². The van der Waals surface area contributed by atoms with Gasteiger partial charge in [0.1, 0.15) is 0 Å². The lowest BCUT2D eigenvalue weighted by atomic mass is 9.98. The molecule has 0 N–H and O–H groups in total. The SMILES string of the molecule is Cc1cc(C)c(C(=O)COC(=O)c2c(Cl)ccc(Cl)c2Cl)cc1C. The maximum absolute atomic E-state index is 12.3. The van der Waals surface area contributed by atoms with E-state index in [9.17, 15) is 9.59 Å². The van der Waals surface area contributed by atoms with E-state index >= 15 is 0 Å². The molecule has 2 aromatic rings. The summed E-state index contributed by atoms with van der Waals surface area (Å²) in [6, 6.07) is 6.64. The normalized spacial score (nSPS) is 10.6. The minimum Gasteiger partial charge on any atom is -0.454 e. The zero-order valence-corrected chi connectivity index (χ0v) is 15.6. The van der Waals surface area contributed by atoms with Crippen molar-refractivity contribution < 1.29 is 14.3 Å². The van der Waals surface area contributed by atoms with E-state index in [1.807, 2.05) is 26.8 Å². The summed E-state index contributed by atoms with van der Waals surface area (Å²) >= 11 is 17.8. The van der Waals surface area contributed by atoms with Gasteiger partial charge in [0.05, 0.1) is 20.6 Å². The highest BCUT2D eigenvalue weighted by atomic mass is 35.5. The van der Waals surface area contributed by atoms with Gasteiger partial charge in [-0.25, -0.2) is 4.79 Å². The van der Waals surface area contributed by atoms with Crippen molar-refractivity contribution in [2.45, 2.75) is 20.8 Å². The third-order valence-electron chi connectivity index (χ3n) is 3.72. The van der Waals surface area contributed by atoms with E-state index in [1.165, 1.54) is 12.1 Å². The molecule has 0 amide bonds. The molecule has 0 unspecified atom stereocenters. The van der Waals surface area contributed by atoms with E-state index < -0.39 is 12.6 Å². The van der Waals surface area contributed by atoms with Crippen molar-refractivity contribution in [3.8, 4) is 0 Å². The number of hydrogen-bond acceptors (Lipinski definition) is 3. The van der Waals surface area contributed by atoms with Crippen molar-refractivity contribution in [1.82, 2.24) is 0 Å². The first-order valence-electron chi connectivity index (χ1n) is 7.14. The summed E-state index contributed by atoms with van der Waals surface area (Å²) in [4.78, 5) is 24.5. The van der Waals surface area contributed by atoms with Gasteiger partial charge in [-0.05, 0) is 55.7 Å². The second-order valence-electron chi connectivity index (χ2n) is 5.47. The van der Waals surface area contributed by atoms with E-state index in [0.29, 0.717) is 5.56 Å². The number of hydrogen-bond donors (Lipinski definition) is 0. The highest BCUT2D eigenvalue weighted by molar-refractivity contribution is 6.46. The highest BCUT2D eigenvalue weighted by Gasteiger charge is 2.20. The van der Waals surface area contributed by atoms with Crippen LogP contribution in [-0.4, -0.2) is 18.4 Å². The summed E-state index contributed by atoms with van der Waals surface area (Å²) in [6.07, 6.45) is 0. The summed E-state index contributed by atoms with van der Waals surface area (Å²) in [7, 11) is 0. The molecule has 0 fully saturated rings. The number of ketones is 1. The molecule has 0 aliphatic carbocycles. The van der Waals surface area contributed by atoms with Crippen LogP contribution < -0.4 is 0 Å². The fraction of sp³-hybridized carbons (Fsp3) is 0.222. The van der Waals surface area contributed by atoms with Crippen LogP contribution in [0.1, 0.15) is 37.4 Å². The van der Waals surface area contributed by atoms with Crippen LogP contribution in [0.3, 0.4) is 0 Å². The molecule has 0 bridgehead atoms. The number of Topliss-reactive ketones (excluding diaryl/α,β-unsaturated/α-hetero) is 1. The van der Waals surface area contributed by atoms with Crippen LogP contribution in [0.15, 0.2) is 24.3 Å². The molecule has 0 saturated carbocycles. The maximum atomic E-state index is 12.3. The van der Waals surface area contributed by atoms with E-state index in [1.54, 1.807) is 6.07 Å². The molecule has 24 heavy (non-hydrogen) atoms. The van der Waals surface area contributed by atoms with Gasteiger partial charge in [0, 0.05) is 5.56 Å². The second-order valence-corrected chi connectivity index (χ2v) is 6.66. The molecule has 0 aliphatic rings. The van der Waals surface area contributed by atoms with Crippen LogP contribution in [0.25, 0.3) is 0 Å². The average molecular weight is 386 g/mol. The molecule has 6 heteroatoms. The Balaban J connectivity index is 2.17. The van der Waals surface area contributed by atoms with Gasteiger partial charge in [-0.1, -0.05) is 40.9 Å². The number of aryl methyl sites for hydroxylation is 3. The van der Waals surface area contributed by atoms with Gasteiger partial charge < -0.3 is 4.74 Å².